The van der Waals surface area contributed by atoms with Gasteiger partial charge in [0.1, 0.15) is 17.9 Å². The van der Waals surface area contributed by atoms with Crippen LogP contribution in [-0.4, -0.2) is 81.9 Å². The Balaban J connectivity index is 2.81. The van der Waals surface area contributed by atoms with Crippen LogP contribution in [0.3, 0.4) is 0 Å². The SMILES string of the molecule is CC(C)[C@H](NC(=O)c1cc([18F])ccc1S(C)(=O)=O)C(=O)NCCC(=O)N[C@@H](CCCN=C(N)N)C(=O)NCC(N)=O. The van der Waals surface area contributed by atoms with Gasteiger partial charge in [0, 0.05) is 25.8 Å². The van der Waals surface area contributed by atoms with Gasteiger partial charge in [0.05, 0.1) is 17.0 Å². The molecule has 17 heteroatoms. The molecule has 10 N–H and O–H groups in total. The molecule has 0 heterocycles. The number of carbonyl (C=O) groups is 5. The average molecular weight is 600 g/mol. The van der Waals surface area contributed by atoms with Crippen molar-refractivity contribution in [3.05, 3.63) is 29.6 Å². The van der Waals surface area contributed by atoms with E-state index in [-0.39, 0.29) is 31.9 Å². The normalized spacial score (nSPS) is 12.5. The quantitative estimate of drug-likeness (QED) is 0.0463. The second-order valence-electron chi connectivity index (χ2n) is 9.40. The summed E-state index contributed by atoms with van der Waals surface area (Å²) >= 11 is 0. The van der Waals surface area contributed by atoms with Crippen molar-refractivity contribution in [1.82, 2.24) is 21.3 Å². The second kappa shape index (κ2) is 16.1. The maximum absolute atomic E-state index is 13.8. The number of benzene rings is 1. The summed E-state index contributed by atoms with van der Waals surface area (Å²) in [6.07, 6.45) is 1.08. The minimum absolute atomic E-state index is 0.135. The molecule has 0 aromatic heterocycles. The number of primary amides is 1. The minimum Gasteiger partial charge on any atom is -0.370 e. The van der Waals surface area contributed by atoms with E-state index >= 15 is 0 Å². The minimum atomic E-state index is -3.87. The number of nitrogens with two attached hydrogens (primary N) is 3. The van der Waals surface area contributed by atoms with Crippen LogP contribution in [0.4, 0.5) is 4.39 Å². The van der Waals surface area contributed by atoms with Gasteiger partial charge in [-0.1, -0.05) is 13.8 Å². The van der Waals surface area contributed by atoms with Gasteiger partial charge in [-0.15, -0.1) is 0 Å². The van der Waals surface area contributed by atoms with Gasteiger partial charge >= 0.3 is 0 Å². The summed E-state index contributed by atoms with van der Waals surface area (Å²) in [4.78, 5) is 64.9. The van der Waals surface area contributed by atoms with Crippen LogP contribution < -0.4 is 38.5 Å². The topological polar surface area (TPSA) is 258 Å². The molecule has 5 amide bonds. The number of halogens is 1. The Morgan fingerprint density at radius 3 is 2.22 bits per heavy atom. The van der Waals surface area contributed by atoms with Crippen LogP contribution in [0.15, 0.2) is 28.1 Å². The zero-order valence-electron chi connectivity index (χ0n) is 23.0. The molecule has 0 saturated carbocycles. The van der Waals surface area contributed by atoms with E-state index in [0.29, 0.717) is 6.42 Å². The molecule has 0 unspecified atom stereocenters. The first-order chi connectivity index (χ1) is 19.0. The zero-order valence-corrected chi connectivity index (χ0v) is 23.8. The zero-order chi connectivity index (χ0) is 31.3. The number of amides is 5. The molecule has 0 aliphatic carbocycles. The van der Waals surface area contributed by atoms with E-state index < -0.39 is 80.2 Å². The number of aliphatic imine (C=N–C) groups is 1. The van der Waals surface area contributed by atoms with Crippen LogP contribution in [0.2, 0.25) is 0 Å². The maximum atomic E-state index is 13.8. The van der Waals surface area contributed by atoms with Crippen molar-refractivity contribution >= 4 is 45.3 Å². The molecule has 0 aliphatic rings. The Bertz CT molecular complexity index is 1270. The number of carbonyl (C=O) groups excluding carboxylic acids is 5. The van der Waals surface area contributed by atoms with Crippen molar-refractivity contribution in [2.24, 2.45) is 28.1 Å². The molecule has 0 bridgehead atoms. The van der Waals surface area contributed by atoms with E-state index in [2.05, 4.69) is 26.3 Å². The van der Waals surface area contributed by atoms with Crippen molar-refractivity contribution < 1.29 is 36.8 Å². The predicted octanol–water partition coefficient (Wildman–Crippen LogP) is -2.37. The molecule has 0 saturated heterocycles. The second-order valence-corrected chi connectivity index (χ2v) is 11.4. The van der Waals surface area contributed by atoms with Crippen LogP contribution >= 0.6 is 0 Å². The van der Waals surface area contributed by atoms with Crippen molar-refractivity contribution in [2.45, 2.75) is 50.1 Å². The molecule has 1 aromatic carbocycles. The summed E-state index contributed by atoms with van der Waals surface area (Å²) in [5, 5.41) is 9.73. The summed E-state index contributed by atoms with van der Waals surface area (Å²) in [6.45, 7) is 2.83. The molecule has 0 aliphatic heterocycles. The first-order valence-corrected chi connectivity index (χ1v) is 14.4. The highest BCUT2D eigenvalue weighted by atomic mass is 32.2. The van der Waals surface area contributed by atoms with Gasteiger partial charge in [-0.2, -0.15) is 0 Å². The van der Waals surface area contributed by atoms with E-state index in [9.17, 15) is 36.8 Å². The van der Waals surface area contributed by atoms with Gasteiger partial charge in [0.2, 0.25) is 23.6 Å². The molecule has 0 fully saturated rings. The van der Waals surface area contributed by atoms with E-state index in [1.807, 2.05) is 0 Å². The van der Waals surface area contributed by atoms with Crippen molar-refractivity contribution in [1.29, 1.82) is 0 Å². The summed E-state index contributed by atoms with van der Waals surface area (Å²) in [5.41, 5.74) is 15.1. The molecule has 15 nitrogen and oxygen atoms in total. The van der Waals surface area contributed by atoms with Crippen LogP contribution in [0.5, 0.6) is 0 Å². The predicted molar refractivity (Wildman–Crippen MR) is 147 cm³/mol. The summed E-state index contributed by atoms with van der Waals surface area (Å²) < 4.78 is 37.8. The highest BCUT2D eigenvalue weighted by Crippen LogP contribution is 2.18. The fourth-order valence-corrected chi connectivity index (χ4v) is 4.37. The van der Waals surface area contributed by atoms with E-state index in [1.165, 1.54) is 0 Å². The Labute approximate surface area is 237 Å². The largest absolute Gasteiger partial charge is 0.370 e. The van der Waals surface area contributed by atoms with E-state index in [1.54, 1.807) is 13.8 Å². The fourth-order valence-electron chi connectivity index (χ4n) is 3.50. The molecule has 228 valence electrons. The highest BCUT2D eigenvalue weighted by Gasteiger charge is 2.28. The van der Waals surface area contributed by atoms with Crippen LogP contribution in [0, 0.1) is 11.7 Å². The molecule has 41 heavy (non-hydrogen) atoms. The number of nitrogens with one attached hydrogen (secondary N) is 4. The lowest BCUT2D eigenvalue weighted by molar-refractivity contribution is -0.130. The summed E-state index contributed by atoms with van der Waals surface area (Å²) in [5.74, 6) is -5.11. The van der Waals surface area contributed by atoms with Crippen molar-refractivity contribution in [3.63, 3.8) is 0 Å². The third kappa shape index (κ3) is 12.6. The summed E-state index contributed by atoms with van der Waals surface area (Å²) in [6, 6.07) is 0.443. The van der Waals surface area contributed by atoms with Crippen molar-refractivity contribution in [2.75, 3.05) is 25.9 Å². The lowest BCUT2D eigenvalue weighted by Crippen LogP contribution is -2.51. The third-order valence-electron chi connectivity index (χ3n) is 5.51. The Morgan fingerprint density at radius 2 is 1.66 bits per heavy atom. The Morgan fingerprint density at radius 1 is 1.00 bits per heavy atom. The highest BCUT2D eigenvalue weighted by molar-refractivity contribution is 7.90. The summed E-state index contributed by atoms with van der Waals surface area (Å²) in [7, 11) is -3.87. The van der Waals surface area contributed by atoms with Gasteiger partial charge in [-0.25, -0.2) is 12.8 Å². The maximum Gasteiger partial charge on any atom is 0.253 e. The molecule has 0 radical (unpaired) electrons. The molecule has 2 atom stereocenters. The Hall–Kier alpha value is -4.28. The first-order valence-electron chi connectivity index (χ1n) is 12.5. The monoisotopic (exact) mass is 599 g/mol. The van der Waals surface area contributed by atoms with E-state index in [0.717, 1.165) is 24.5 Å². The van der Waals surface area contributed by atoms with E-state index in [4.69, 9.17) is 17.2 Å². The average Bonchev–Trinajstić information content (AvgIpc) is 2.86. The fraction of sp³-hybridized carbons (Fsp3) is 0.500. The third-order valence-corrected chi connectivity index (χ3v) is 6.66. The number of guanidine groups is 1. The van der Waals surface area contributed by atoms with Gasteiger partial charge in [0.15, 0.2) is 15.8 Å². The lowest BCUT2D eigenvalue weighted by atomic mass is 10.0. The van der Waals surface area contributed by atoms with Crippen LogP contribution in [-0.2, 0) is 29.0 Å². The van der Waals surface area contributed by atoms with Crippen molar-refractivity contribution in [3.8, 4) is 0 Å². The lowest BCUT2D eigenvalue weighted by Gasteiger charge is -2.22. The number of nitrogens with zero attached hydrogens (tertiary/aromatic N) is 1. The van der Waals surface area contributed by atoms with Gasteiger partial charge in [-0.05, 0) is 37.0 Å². The van der Waals surface area contributed by atoms with Gasteiger partial charge < -0.3 is 38.5 Å². The Kier molecular flexibility index (Phi) is 13.6. The number of rotatable bonds is 16. The number of hydrogen-bond acceptors (Lipinski definition) is 8. The first kappa shape index (κ1) is 34.7. The number of sulfone groups is 1. The number of hydrogen-bond donors (Lipinski definition) is 7. The van der Waals surface area contributed by atoms with Crippen LogP contribution in [0.1, 0.15) is 43.5 Å². The van der Waals surface area contributed by atoms with Gasteiger partial charge in [-0.3, -0.25) is 29.0 Å². The molecular weight excluding hydrogens is 562 g/mol. The standard InChI is InChI=1S/C24H37FN8O7S/c1-13(2)20(33-21(36)15-11-14(25)6-7-17(15)41(3,39)40)23(38)29-10-8-19(35)32-16(5-4-9-30-24(27)28)22(37)31-12-18(26)34/h6-7,11,13,16,20H,4-5,8-10,12H2,1-3H3,(H2,26,34)(H,29,38)(H,31,37)(H,32,35)(H,33,36)(H4,27,28,30)/t16-,20-/m0/s1/i25-1. The molecule has 0 spiro atoms. The van der Waals surface area contributed by atoms with Gasteiger partial charge in [0.25, 0.3) is 5.91 Å². The molecular formula is C24H37FN8O7S. The molecule has 1 rings (SSSR count). The smallest absolute Gasteiger partial charge is 0.253 e. The van der Waals surface area contributed by atoms with Crippen LogP contribution in [0.25, 0.3) is 0 Å². The molecule has 1 aromatic rings.